The summed E-state index contributed by atoms with van der Waals surface area (Å²) < 4.78 is 1.92. The number of hydrogen-bond acceptors (Lipinski definition) is 2. The summed E-state index contributed by atoms with van der Waals surface area (Å²) in [5.74, 6) is 0. The number of para-hydroxylation sites is 1. The molecular formula is C12H14ClN3. The highest BCUT2D eigenvalue weighted by Gasteiger charge is 2.09. The van der Waals surface area contributed by atoms with Gasteiger partial charge in [0.15, 0.2) is 0 Å². The molecule has 0 radical (unpaired) electrons. The molecule has 4 heteroatoms. The molecule has 0 saturated carbocycles. The lowest BCUT2D eigenvalue weighted by Crippen LogP contribution is -2.19. The monoisotopic (exact) mass is 235 g/mol. The van der Waals surface area contributed by atoms with Gasteiger partial charge in [0.25, 0.3) is 0 Å². The quantitative estimate of drug-likeness (QED) is 0.888. The maximum absolute atomic E-state index is 6.21. The minimum Gasteiger partial charge on any atom is -0.328 e. The molecule has 0 spiro atoms. The van der Waals surface area contributed by atoms with Crippen molar-refractivity contribution in [3.63, 3.8) is 0 Å². The molecule has 1 atom stereocenters. The van der Waals surface area contributed by atoms with Gasteiger partial charge >= 0.3 is 0 Å². The number of aromatic nitrogens is 2. The third-order valence-corrected chi connectivity index (χ3v) is 2.68. The van der Waals surface area contributed by atoms with Gasteiger partial charge in [0.2, 0.25) is 0 Å². The summed E-state index contributed by atoms with van der Waals surface area (Å²) in [6.07, 6.45) is 6.16. The third-order valence-electron chi connectivity index (χ3n) is 2.37. The lowest BCUT2D eigenvalue weighted by Gasteiger charge is -2.13. The number of nitrogens with two attached hydrogens (primary N) is 1. The molecule has 0 aliphatic carbocycles. The minimum absolute atomic E-state index is 0.112. The second-order valence-corrected chi connectivity index (χ2v) is 4.31. The highest BCUT2D eigenvalue weighted by Crippen LogP contribution is 2.25. The van der Waals surface area contributed by atoms with E-state index in [0.717, 1.165) is 22.7 Å². The van der Waals surface area contributed by atoms with Crippen LogP contribution in [0.5, 0.6) is 0 Å². The molecule has 3 nitrogen and oxygen atoms in total. The summed E-state index contributed by atoms with van der Waals surface area (Å²) in [4.78, 5) is 4.03. The fourth-order valence-corrected chi connectivity index (χ4v) is 2.04. The Labute approximate surface area is 99.9 Å². The molecule has 2 rings (SSSR count). The van der Waals surface area contributed by atoms with Crippen molar-refractivity contribution in [2.24, 2.45) is 5.73 Å². The number of benzene rings is 1. The Balaban J connectivity index is 2.49. The minimum atomic E-state index is 0.112. The van der Waals surface area contributed by atoms with Crippen LogP contribution in [0.4, 0.5) is 0 Å². The lowest BCUT2D eigenvalue weighted by atomic mass is 10.1. The van der Waals surface area contributed by atoms with Gasteiger partial charge < -0.3 is 10.3 Å². The van der Waals surface area contributed by atoms with Gasteiger partial charge in [-0.1, -0.05) is 23.7 Å². The first-order valence-corrected chi connectivity index (χ1v) is 5.57. The standard InChI is InChI=1S/C12H14ClN3/c1-9(14)7-10-3-2-4-11(13)12(10)16-6-5-15-8-16/h2-6,8-9H,7,14H2,1H3. The van der Waals surface area contributed by atoms with E-state index in [9.17, 15) is 0 Å². The van der Waals surface area contributed by atoms with Gasteiger partial charge in [-0.25, -0.2) is 4.98 Å². The molecule has 0 saturated heterocycles. The first-order chi connectivity index (χ1) is 7.68. The second kappa shape index (κ2) is 4.68. The van der Waals surface area contributed by atoms with Crippen molar-refractivity contribution >= 4 is 11.6 Å². The Morgan fingerprint density at radius 3 is 2.94 bits per heavy atom. The summed E-state index contributed by atoms with van der Waals surface area (Å²) in [5, 5.41) is 0.719. The predicted molar refractivity (Wildman–Crippen MR) is 65.9 cm³/mol. The van der Waals surface area contributed by atoms with Crippen LogP contribution in [0, 0.1) is 0 Å². The van der Waals surface area contributed by atoms with E-state index >= 15 is 0 Å². The first-order valence-electron chi connectivity index (χ1n) is 5.20. The summed E-state index contributed by atoms with van der Waals surface area (Å²) in [6, 6.07) is 5.98. The Kier molecular flexibility index (Phi) is 3.27. The van der Waals surface area contributed by atoms with Crippen LogP contribution in [0.2, 0.25) is 5.02 Å². The van der Waals surface area contributed by atoms with E-state index in [1.165, 1.54) is 0 Å². The van der Waals surface area contributed by atoms with E-state index in [1.807, 2.05) is 35.9 Å². The molecule has 1 heterocycles. The Morgan fingerprint density at radius 1 is 1.50 bits per heavy atom. The zero-order chi connectivity index (χ0) is 11.5. The number of halogens is 1. The molecule has 1 aromatic heterocycles. The number of hydrogen-bond donors (Lipinski definition) is 1. The smallest absolute Gasteiger partial charge is 0.0992 e. The topological polar surface area (TPSA) is 43.8 Å². The number of imidazole rings is 1. The van der Waals surface area contributed by atoms with Crippen molar-refractivity contribution < 1.29 is 0 Å². The number of nitrogens with zero attached hydrogens (tertiary/aromatic N) is 2. The normalized spacial score (nSPS) is 12.7. The van der Waals surface area contributed by atoms with Crippen molar-refractivity contribution in [1.29, 1.82) is 0 Å². The van der Waals surface area contributed by atoms with Gasteiger partial charge in [-0.15, -0.1) is 0 Å². The summed E-state index contributed by atoms with van der Waals surface area (Å²) in [5.41, 5.74) is 7.94. The summed E-state index contributed by atoms with van der Waals surface area (Å²) in [6.45, 7) is 1.98. The molecule has 0 aliphatic heterocycles. The first kappa shape index (κ1) is 11.2. The maximum Gasteiger partial charge on any atom is 0.0992 e. The molecule has 2 aromatic rings. The van der Waals surface area contributed by atoms with Crippen molar-refractivity contribution in [3.8, 4) is 5.69 Å². The molecule has 2 N–H and O–H groups in total. The van der Waals surface area contributed by atoms with E-state index in [-0.39, 0.29) is 6.04 Å². The van der Waals surface area contributed by atoms with Gasteiger partial charge in [0, 0.05) is 18.4 Å². The van der Waals surface area contributed by atoms with Crippen molar-refractivity contribution in [1.82, 2.24) is 9.55 Å². The van der Waals surface area contributed by atoms with Gasteiger partial charge in [-0.05, 0) is 25.0 Å². The average Bonchev–Trinajstić information content (AvgIpc) is 2.69. The highest BCUT2D eigenvalue weighted by molar-refractivity contribution is 6.32. The molecular weight excluding hydrogens is 222 g/mol. The summed E-state index contributed by atoms with van der Waals surface area (Å²) in [7, 11) is 0. The van der Waals surface area contributed by atoms with E-state index in [2.05, 4.69) is 4.98 Å². The molecule has 84 valence electrons. The van der Waals surface area contributed by atoms with E-state index in [1.54, 1.807) is 12.5 Å². The van der Waals surface area contributed by atoms with Gasteiger partial charge in [-0.3, -0.25) is 0 Å². The summed E-state index contributed by atoms with van der Waals surface area (Å²) >= 11 is 6.21. The zero-order valence-electron chi connectivity index (χ0n) is 9.10. The molecule has 0 fully saturated rings. The average molecular weight is 236 g/mol. The lowest BCUT2D eigenvalue weighted by molar-refractivity contribution is 0.733. The largest absolute Gasteiger partial charge is 0.328 e. The molecule has 16 heavy (non-hydrogen) atoms. The Hall–Kier alpha value is -1.32. The molecule has 1 unspecified atom stereocenters. The SMILES string of the molecule is CC(N)Cc1cccc(Cl)c1-n1ccnc1. The van der Waals surface area contributed by atoms with Gasteiger partial charge in [-0.2, -0.15) is 0 Å². The zero-order valence-corrected chi connectivity index (χ0v) is 9.85. The van der Waals surface area contributed by atoms with Crippen LogP contribution in [0.25, 0.3) is 5.69 Å². The van der Waals surface area contributed by atoms with Crippen LogP contribution < -0.4 is 5.73 Å². The van der Waals surface area contributed by atoms with Crippen LogP contribution >= 0.6 is 11.6 Å². The Bertz CT molecular complexity index is 463. The van der Waals surface area contributed by atoms with Crippen molar-refractivity contribution in [3.05, 3.63) is 47.5 Å². The van der Waals surface area contributed by atoms with Crippen molar-refractivity contribution in [2.75, 3.05) is 0 Å². The van der Waals surface area contributed by atoms with Crippen LogP contribution in [0.1, 0.15) is 12.5 Å². The van der Waals surface area contributed by atoms with E-state index < -0.39 is 0 Å². The van der Waals surface area contributed by atoms with Gasteiger partial charge in [0.05, 0.1) is 17.0 Å². The third kappa shape index (κ3) is 2.26. The molecule has 0 aliphatic rings. The van der Waals surface area contributed by atoms with E-state index in [0.29, 0.717) is 0 Å². The molecule has 1 aromatic carbocycles. The van der Waals surface area contributed by atoms with Crippen LogP contribution in [-0.4, -0.2) is 15.6 Å². The number of rotatable bonds is 3. The predicted octanol–water partition coefficient (Wildman–Crippen LogP) is 2.42. The van der Waals surface area contributed by atoms with Crippen LogP contribution in [0.3, 0.4) is 0 Å². The molecule has 0 amide bonds. The second-order valence-electron chi connectivity index (χ2n) is 3.90. The Morgan fingerprint density at radius 2 is 2.31 bits per heavy atom. The van der Waals surface area contributed by atoms with Gasteiger partial charge in [0.1, 0.15) is 0 Å². The van der Waals surface area contributed by atoms with Crippen LogP contribution in [0.15, 0.2) is 36.9 Å². The van der Waals surface area contributed by atoms with E-state index in [4.69, 9.17) is 17.3 Å². The fraction of sp³-hybridized carbons (Fsp3) is 0.250. The maximum atomic E-state index is 6.21. The highest BCUT2D eigenvalue weighted by atomic mass is 35.5. The van der Waals surface area contributed by atoms with Crippen molar-refractivity contribution in [2.45, 2.75) is 19.4 Å². The fourth-order valence-electron chi connectivity index (χ4n) is 1.75. The molecule has 0 bridgehead atoms. The van der Waals surface area contributed by atoms with Crippen LogP contribution in [-0.2, 0) is 6.42 Å².